The Morgan fingerprint density at radius 2 is 1.56 bits per heavy atom. The molecule has 2 aliphatic carbocycles. The highest BCUT2D eigenvalue weighted by molar-refractivity contribution is 5.86. The number of carbonyl (C=O) groups is 2. The van der Waals surface area contributed by atoms with Crippen LogP contribution >= 0.6 is 0 Å². The van der Waals surface area contributed by atoms with Crippen LogP contribution in [0.1, 0.15) is 60.8 Å². The van der Waals surface area contributed by atoms with Crippen LogP contribution in [0.15, 0.2) is 12.2 Å². The second kappa shape index (κ2) is 7.51. The van der Waals surface area contributed by atoms with Crippen molar-refractivity contribution in [3.63, 3.8) is 0 Å². The first-order valence-electron chi connectivity index (χ1n) is 10.0. The molecule has 4 unspecified atom stereocenters. The van der Waals surface area contributed by atoms with Crippen molar-refractivity contribution >= 4 is 11.8 Å². The summed E-state index contributed by atoms with van der Waals surface area (Å²) in [6.45, 7) is 15.4. The molecule has 4 atom stereocenters. The first-order chi connectivity index (χ1) is 11.8. The third-order valence-electron chi connectivity index (χ3n) is 7.05. The molecule has 2 aliphatic rings. The van der Waals surface area contributed by atoms with Crippen molar-refractivity contribution in [3.05, 3.63) is 12.2 Å². The van der Waals surface area contributed by atoms with Gasteiger partial charge in [-0.2, -0.15) is 0 Å². The van der Waals surface area contributed by atoms with E-state index in [1.54, 1.807) is 0 Å². The van der Waals surface area contributed by atoms with Gasteiger partial charge >= 0.3 is 0 Å². The molecule has 1 saturated carbocycles. The summed E-state index contributed by atoms with van der Waals surface area (Å²) in [6.07, 6.45) is 7.09. The van der Waals surface area contributed by atoms with Gasteiger partial charge in [-0.15, -0.1) is 0 Å². The van der Waals surface area contributed by atoms with Crippen LogP contribution in [0.4, 0.5) is 0 Å². The first kappa shape index (κ1) is 20.0. The van der Waals surface area contributed by atoms with E-state index in [1.165, 1.54) is 0 Å². The Balaban J connectivity index is 2.35. The quantitative estimate of drug-likeness (QED) is 0.627. The maximum absolute atomic E-state index is 13.4. The number of hydrogen-bond acceptors (Lipinski definition) is 2. The summed E-state index contributed by atoms with van der Waals surface area (Å²) in [5, 5.41) is 0. The molecule has 0 aliphatic heterocycles. The fourth-order valence-corrected chi connectivity index (χ4v) is 5.13. The van der Waals surface area contributed by atoms with Crippen LogP contribution in [0.3, 0.4) is 0 Å². The van der Waals surface area contributed by atoms with E-state index in [-0.39, 0.29) is 28.6 Å². The molecule has 0 aromatic heterocycles. The molecule has 25 heavy (non-hydrogen) atoms. The third kappa shape index (κ3) is 3.37. The van der Waals surface area contributed by atoms with Crippen molar-refractivity contribution in [3.8, 4) is 0 Å². The van der Waals surface area contributed by atoms with E-state index in [9.17, 15) is 9.59 Å². The highest BCUT2D eigenvalue weighted by atomic mass is 16.2. The second-order valence-corrected chi connectivity index (χ2v) is 8.20. The normalized spacial score (nSPS) is 31.2. The zero-order valence-electron chi connectivity index (χ0n) is 17.0. The van der Waals surface area contributed by atoms with Gasteiger partial charge in [0.05, 0.1) is 5.92 Å². The van der Waals surface area contributed by atoms with E-state index >= 15 is 0 Å². The Morgan fingerprint density at radius 1 is 1.00 bits per heavy atom. The van der Waals surface area contributed by atoms with Crippen LogP contribution in [-0.2, 0) is 9.59 Å². The first-order valence-corrected chi connectivity index (χ1v) is 10.0. The van der Waals surface area contributed by atoms with Crippen molar-refractivity contribution in [1.29, 1.82) is 0 Å². The number of allylic oxidation sites excluding steroid dienone is 2. The average Bonchev–Trinajstić information content (AvgIpc) is 3.07. The Labute approximate surface area is 153 Å². The van der Waals surface area contributed by atoms with Crippen molar-refractivity contribution in [2.24, 2.45) is 22.7 Å². The van der Waals surface area contributed by atoms with Crippen molar-refractivity contribution in [1.82, 2.24) is 9.80 Å². The monoisotopic (exact) mass is 348 g/mol. The highest BCUT2D eigenvalue weighted by Gasteiger charge is 2.59. The van der Waals surface area contributed by atoms with Gasteiger partial charge < -0.3 is 9.80 Å². The maximum Gasteiger partial charge on any atom is 0.226 e. The van der Waals surface area contributed by atoms with Crippen LogP contribution in [0.2, 0.25) is 0 Å². The van der Waals surface area contributed by atoms with Gasteiger partial charge in [0, 0.05) is 32.6 Å². The van der Waals surface area contributed by atoms with E-state index in [1.807, 2.05) is 37.5 Å². The summed E-state index contributed by atoms with van der Waals surface area (Å²) in [6, 6.07) is 0. The standard InChI is InChI=1S/C21H36N2O2/c1-7-22(8-2)18(24)13-17(19(25)23(9-3)10-4)21(6)15-16-11-12-20(21,5)14-16/h11-12,16-17H,7-10,13-15H2,1-6H3. The van der Waals surface area contributed by atoms with E-state index in [0.717, 1.165) is 12.8 Å². The van der Waals surface area contributed by atoms with Crippen LogP contribution in [-0.4, -0.2) is 47.8 Å². The highest BCUT2D eigenvalue weighted by Crippen LogP contribution is 2.64. The zero-order chi connectivity index (χ0) is 18.8. The van der Waals surface area contributed by atoms with Gasteiger partial charge in [0.15, 0.2) is 0 Å². The minimum absolute atomic E-state index is 0.0225. The molecule has 1 fully saturated rings. The molecule has 4 nitrogen and oxygen atoms in total. The third-order valence-corrected chi connectivity index (χ3v) is 7.05. The number of rotatable bonds is 8. The average molecular weight is 349 g/mol. The molecular weight excluding hydrogens is 312 g/mol. The topological polar surface area (TPSA) is 40.6 Å². The summed E-state index contributed by atoms with van der Waals surface area (Å²) in [5.41, 5.74) is -0.121. The number of carbonyl (C=O) groups excluding carboxylic acids is 2. The molecule has 0 heterocycles. The summed E-state index contributed by atoms with van der Waals surface area (Å²) in [7, 11) is 0. The Kier molecular flexibility index (Phi) is 6.01. The smallest absolute Gasteiger partial charge is 0.226 e. The summed E-state index contributed by atoms with van der Waals surface area (Å²) in [4.78, 5) is 30.0. The lowest BCUT2D eigenvalue weighted by atomic mass is 9.59. The second-order valence-electron chi connectivity index (χ2n) is 8.20. The van der Waals surface area contributed by atoms with Crippen LogP contribution in [0.5, 0.6) is 0 Å². The van der Waals surface area contributed by atoms with Crippen LogP contribution in [0, 0.1) is 22.7 Å². The lowest BCUT2D eigenvalue weighted by molar-refractivity contribution is -0.148. The van der Waals surface area contributed by atoms with Crippen molar-refractivity contribution in [2.75, 3.05) is 26.2 Å². The van der Waals surface area contributed by atoms with Crippen LogP contribution in [0.25, 0.3) is 0 Å². The summed E-state index contributed by atoms with van der Waals surface area (Å²) >= 11 is 0. The Hall–Kier alpha value is -1.32. The van der Waals surface area contributed by atoms with Crippen molar-refractivity contribution < 1.29 is 9.59 Å². The van der Waals surface area contributed by atoms with E-state index in [2.05, 4.69) is 26.0 Å². The van der Waals surface area contributed by atoms with E-state index in [4.69, 9.17) is 0 Å². The van der Waals surface area contributed by atoms with Gasteiger partial charge in [-0.25, -0.2) is 0 Å². The molecule has 0 spiro atoms. The SMILES string of the molecule is CCN(CC)C(=O)CC(C(=O)N(CC)CC)C1(C)CC2C=CC1(C)C2. The largest absolute Gasteiger partial charge is 0.343 e. The molecule has 0 aromatic rings. The molecule has 0 N–H and O–H groups in total. The van der Waals surface area contributed by atoms with Gasteiger partial charge in [-0.05, 0) is 57.3 Å². The molecule has 0 aromatic carbocycles. The number of fused-ring (bicyclic) bond motifs is 2. The number of hydrogen-bond donors (Lipinski definition) is 0. The Bertz CT molecular complexity index is 536. The molecule has 2 rings (SSSR count). The van der Waals surface area contributed by atoms with Gasteiger partial charge in [-0.1, -0.05) is 26.0 Å². The lowest BCUT2D eigenvalue weighted by Gasteiger charge is -2.46. The zero-order valence-corrected chi connectivity index (χ0v) is 17.0. The molecular formula is C21H36N2O2. The predicted molar refractivity (Wildman–Crippen MR) is 102 cm³/mol. The van der Waals surface area contributed by atoms with E-state index < -0.39 is 0 Å². The molecule has 2 amide bonds. The predicted octanol–water partition coefficient (Wildman–Crippen LogP) is 3.72. The number of amides is 2. The van der Waals surface area contributed by atoms with Crippen LogP contribution < -0.4 is 0 Å². The molecule has 4 heteroatoms. The minimum atomic E-state index is -0.236. The van der Waals surface area contributed by atoms with Gasteiger partial charge in [0.1, 0.15) is 0 Å². The summed E-state index contributed by atoms with van der Waals surface area (Å²) in [5.74, 6) is 0.605. The molecule has 2 bridgehead atoms. The minimum Gasteiger partial charge on any atom is -0.343 e. The van der Waals surface area contributed by atoms with Gasteiger partial charge in [0.25, 0.3) is 0 Å². The molecule has 142 valence electrons. The Morgan fingerprint density at radius 3 is 1.96 bits per heavy atom. The summed E-state index contributed by atoms with van der Waals surface area (Å²) < 4.78 is 0. The molecule has 0 radical (unpaired) electrons. The number of nitrogens with zero attached hydrogens (tertiary/aromatic N) is 2. The maximum atomic E-state index is 13.4. The molecule has 0 saturated heterocycles. The van der Waals surface area contributed by atoms with Gasteiger partial charge in [-0.3, -0.25) is 9.59 Å². The fraction of sp³-hybridized carbons (Fsp3) is 0.810. The van der Waals surface area contributed by atoms with Gasteiger partial charge in [0.2, 0.25) is 11.8 Å². The van der Waals surface area contributed by atoms with Crippen molar-refractivity contribution in [2.45, 2.75) is 60.8 Å². The lowest BCUT2D eigenvalue weighted by Crippen LogP contribution is -2.50. The fourth-order valence-electron chi connectivity index (χ4n) is 5.13. The van der Waals surface area contributed by atoms with E-state index in [0.29, 0.717) is 38.5 Å².